The van der Waals surface area contributed by atoms with Crippen LogP contribution in [0.2, 0.25) is 0 Å². The van der Waals surface area contributed by atoms with Gasteiger partial charge in [-0.05, 0) is 79.9 Å². The van der Waals surface area contributed by atoms with E-state index >= 15 is 4.39 Å². The Kier molecular flexibility index (Phi) is 11.6. The summed E-state index contributed by atoms with van der Waals surface area (Å²) in [5.41, 5.74) is 3.16. The largest absolute Gasteiger partial charge is 0.493 e. The molecular formula is C44H48F2N8O4. The molecule has 302 valence electrons. The zero-order valence-corrected chi connectivity index (χ0v) is 32.7. The van der Waals surface area contributed by atoms with Crippen LogP contribution in [0.5, 0.6) is 5.75 Å². The minimum Gasteiger partial charge on any atom is -0.493 e. The lowest BCUT2D eigenvalue weighted by Gasteiger charge is -2.37. The lowest BCUT2D eigenvalue weighted by molar-refractivity contribution is -0.0206. The molecule has 2 saturated heterocycles. The number of hydrogen-bond acceptors (Lipinski definition) is 9. The molecule has 6 aromatic rings. The number of halogens is 2. The molecule has 0 bridgehead atoms. The second-order valence-corrected chi connectivity index (χ2v) is 15.1. The lowest BCUT2D eigenvalue weighted by atomic mass is 9.87. The summed E-state index contributed by atoms with van der Waals surface area (Å²) in [6, 6.07) is 29.6. The minimum absolute atomic E-state index is 0.0128. The third kappa shape index (κ3) is 8.53. The highest BCUT2D eigenvalue weighted by atomic mass is 19.1. The zero-order valence-electron chi connectivity index (χ0n) is 32.7. The SMILES string of the molecule is CC[C@H]([C@H](C)OCc1ccccc1)n1ncn(-c2ccc(N3CCN(c4ccc(OC[C@@H]5COC(Cn6cncn6)(c6ccc(F)cc6F)C5)cc4)CC3)cc2)c1=O. The molecule has 0 spiro atoms. The molecule has 2 fully saturated rings. The molecule has 1 unspecified atom stereocenters. The van der Waals surface area contributed by atoms with Crippen molar-refractivity contribution in [3.63, 3.8) is 0 Å². The molecule has 0 amide bonds. The lowest BCUT2D eigenvalue weighted by Crippen LogP contribution is -2.46. The molecule has 2 aromatic heterocycles. The van der Waals surface area contributed by atoms with Crippen LogP contribution in [0.1, 0.15) is 43.9 Å². The predicted octanol–water partition coefficient (Wildman–Crippen LogP) is 6.80. The van der Waals surface area contributed by atoms with E-state index in [1.54, 1.807) is 26.6 Å². The molecule has 0 aliphatic carbocycles. The van der Waals surface area contributed by atoms with Gasteiger partial charge in [0, 0.05) is 55.1 Å². The van der Waals surface area contributed by atoms with E-state index in [1.807, 2.05) is 68.4 Å². The molecule has 0 radical (unpaired) electrons. The first-order chi connectivity index (χ1) is 28.3. The van der Waals surface area contributed by atoms with Crippen molar-refractivity contribution < 1.29 is 23.0 Å². The maximum absolute atomic E-state index is 15.0. The Hall–Kier alpha value is -5.86. The van der Waals surface area contributed by atoms with Gasteiger partial charge in [-0.2, -0.15) is 10.2 Å². The average molecular weight is 791 g/mol. The van der Waals surface area contributed by atoms with E-state index in [-0.39, 0.29) is 30.3 Å². The maximum atomic E-state index is 15.0. The first-order valence-corrected chi connectivity index (χ1v) is 19.9. The number of anilines is 2. The molecule has 0 saturated carbocycles. The summed E-state index contributed by atoms with van der Waals surface area (Å²) in [6.07, 6.45) is 5.57. The van der Waals surface area contributed by atoms with E-state index < -0.39 is 17.2 Å². The fraction of sp³-hybridized carbons (Fsp3) is 0.364. The number of benzene rings is 4. The van der Waals surface area contributed by atoms with Gasteiger partial charge in [-0.3, -0.25) is 0 Å². The normalized spacial score (nSPS) is 19.3. The standard InChI is InChI=1S/C44H48F2N8O4/c1-3-42(32(2)56-25-33-7-5-4-6-8-33)54-43(55)53(31-49-54)38-12-10-36(11-13-38)50-19-21-51(22-20-50)37-14-16-39(17-15-37)57-26-34-24-44(58-27-34,28-52-30-47-29-48-52)40-18-9-35(45)23-41(40)46/h4-18,23,29-32,34,42H,3,19-22,24-28H2,1-2H3/t32-,34+,42+,44?/m0/s1. The van der Waals surface area contributed by atoms with Gasteiger partial charge in [0.15, 0.2) is 0 Å². The molecule has 2 aliphatic heterocycles. The summed E-state index contributed by atoms with van der Waals surface area (Å²) in [4.78, 5) is 22.2. The van der Waals surface area contributed by atoms with E-state index in [0.29, 0.717) is 38.2 Å². The third-order valence-electron chi connectivity index (χ3n) is 11.3. The van der Waals surface area contributed by atoms with E-state index in [4.69, 9.17) is 14.2 Å². The highest BCUT2D eigenvalue weighted by Crippen LogP contribution is 2.42. The molecule has 4 heterocycles. The Bertz CT molecular complexity index is 2300. The molecule has 14 heteroatoms. The van der Waals surface area contributed by atoms with Crippen molar-refractivity contribution in [2.75, 3.05) is 49.2 Å². The Morgan fingerprint density at radius 1 is 0.862 bits per heavy atom. The van der Waals surface area contributed by atoms with Crippen molar-refractivity contribution in [3.8, 4) is 11.4 Å². The molecule has 8 rings (SSSR count). The third-order valence-corrected chi connectivity index (χ3v) is 11.3. The summed E-state index contributed by atoms with van der Waals surface area (Å²) >= 11 is 0. The minimum atomic E-state index is -1.02. The van der Waals surface area contributed by atoms with E-state index in [1.165, 1.54) is 18.5 Å². The van der Waals surface area contributed by atoms with Gasteiger partial charge < -0.3 is 24.0 Å². The summed E-state index contributed by atoms with van der Waals surface area (Å²) in [5, 5.41) is 8.68. The highest BCUT2D eigenvalue weighted by molar-refractivity contribution is 5.54. The first kappa shape index (κ1) is 39.0. The van der Waals surface area contributed by atoms with Crippen molar-refractivity contribution in [2.45, 2.75) is 57.6 Å². The second-order valence-electron chi connectivity index (χ2n) is 15.1. The molecule has 4 aromatic carbocycles. The quantitative estimate of drug-likeness (QED) is 0.111. The van der Waals surface area contributed by atoms with Crippen LogP contribution in [-0.4, -0.2) is 74.6 Å². The van der Waals surface area contributed by atoms with E-state index in [9.17, 15) is 9.18 Å². The number of nitrogens with zero attached hydrogens (tertiary/aromatic N) is 8. The highest BCUT2D eigenvalue weighted by Gasteiger charge is 2.44. The van der Waals surface area contributed by atoms with Crippen LogP contribution in [-0.2, 0) is 28.2 Å². The Labute approximate surface area is 336 Å². The van der Waals surface area contributed by atoms with Crippen LogP contribution in [0.25, 0.3) is 5.69 Å². The topological polar surface area (TPSA) is 105 Å². The van der Waals surface area contributed by atoms with Gasteiger partial charge >= 0.3 is 5.69 Å². The Balaban J connectivity index is 0.828. The van der Waals surface area contributed by atoms with Gasteiger partial charge in [0.25, 0.3) is 0 Å². The van der Waals surface area contributed by atoms with Crippen LogP contribution in [0.15, 0.2) is 121 Å². The predicted molar refractivity (Wildman–Crippen MR) is 216 cm³/mol. The van der Waals surface area contributed by atoms with Gasteiger partial charge in [0.2, 0.25) is 0 Å². The number of rotatable bonds is 15. The molecular weight excluding hydrogens is 743 g/mol. The van der Waals surface area contributed by atoms with Crippen molar-refractivity contribution in [1.82, 2.24) is 29.1 Å². The van der Waals surface area contributed by atoms with Crippen molar-refractivity contribution in [2.24, 2.45) is 5.92 Å². The van der Waals surface area contributed by atoms with Gasteiger partial charge in [-0.15, -0.1) is 0 Å². The Morgan fingerprint density at radius 2 is 1.55 bits per heavy atom. The average Bonchev–Trinajstić information content (AvgIpc) is 4.02. The van der Waals surface area contributed by atoms with Crippen molar-refractivity contribution in [1.29, 1.82) is 0 Å². The molecule has 4 atom stereocenters. The number of ether oxygens (including phenoxy) is 3. The molecule has 12 nitrogen and oxygen atoms in total. The molecule has 58 heavy (non-hydrogen) atoms. The first-order valence-electron chi connectivity index (χ1n) is 19.9. The van der Waals surface area contributed by atoms with Crippen LogP contribution in [0.3, 0.4) is 0 Å². The summed E-state index contributed by atoms with van der Waals surface area (Å²) in [5.74, 6) is -0.555. The fourth-order valence-electron chi connectivity index (χ4n) is 8.14. The van der Waals surface area contributed by atoms with Gasteiger partial charge in [-0.1, -0.05) is 43.3 Å². The van der Waals surface area contributed by atoms with Crippen LogP contribution in [0.4, 0.5) is 20.2 Å². The van der Waals surface area contributed by atoms with Crippen molar-refractivity contribution >= 4 is 11.4 Å². The van der Waals surface area contributed by atoms with Crippen molar-refractivity contribution in [3.05, 3.63) is 149 Å². The number of hydrogen-bond donors (Lipinski definition) is 0. The van der Waals surface area contributed by atoms with Crippen LogP contribution >= 0.6 is 0 Å². The van der Waals surface area contributed by atoms with Gasteiger partial charge in [-0.25, -0.2) is 32.5 Å². The number of aromatic nitrogens is 6. The Morgan fingerprint density at radius 3 is 2.21 bits per heavy atom. The maximum Gasteiger partial charge on any atom is 0.350 e. The van der Waals surface area contributed by atoms with Crippen LogP contribution < -0.4 is 20.2 Å². The van der Waals surface area contributed by atoms with Gasteiger partial charge in [0.1, 0.15) is 42.0 Å². The molecule has 0 N–H and O–H groups in total. The second kappa shape index (κ2) is 17.3. The smallest absolute Gasteiger partial charge is 0.350 e. The van der Waals surface area contributed by atoms with E-state index in [2.05, 4.69) is 49.2 Å². The summed E-state index contributed by atoms with van der Waals surface area (Å²) in [6.45, 7) is 8.91. The van der Waals surface area contributed by atoms with Gasteiger partial charge in [0.05, 0.1) is 44.2 Å². The zero-order chi connectivity index (χ0) is 40.1. The summed E-state index contributed by atoms with van der Waals surface area (Å²) in [7, 11) is 0. The molecule has 2 aliphatic rings. The number of piperazine rings is 1. The van der Waals surface area contributed by atoms with E-state index in [0.717, 1.165) is 60.6 Å². The monoisotopic (exact) mass is 790 g/mol. The fourth-order valence-corrected chi connectivity index (χ4v) is 8.14. The van der Waals surface area contributed by atoms with Crippen LogP contribution in [0, 0.1) is 17.6 Å². The summed E-state index contributed by atoms with van der Waals surface area (Å²) < 4.78 is 52.1.